The lowest BCUT2D eigenvalue weighted by atomic mass is 10.1. The number of aromatic nitrogens is 2. The van der Waals surface area contributed by atoms with Crippen LogP contribution in [-0.2, 0) is 6.54 Å². The molecule has 2 aromatic rings. The molecule has 1 unspecified atom stereocenters. The van der Waals surface area contributed by atoms with E-state index in [2.05, 4.69) is 36.1 Å². The van der Waals surface area contributed by atoms with Gasteiger partial charge in [0.15, 0.2) is 4.67 Å². The van der Waals surface area contributed by atoms with Crippen molar-refractivity contribution < 1.29 is 4.42 Å². The van der Waals surface area contributed by atoms with Gasteiger partial charge in [-0.1, -0.05) is 0 Å². The number of piperidine rings is 1. The van der Waals surface area contributed by atoms with Crippen LogP contribution in [0.25, 0.3) is 0 Å². The van der Waals surface area contributed by atoms with Gasteiger partial charge in [0.1, 0.15) is 5.76 Å². The predicted molar refractivity (Wildman–Crippen MR) is 80.5 cm³/mol. The summed E-state index contributed by atoms with van der Waals surface area (Å²) in [7, 11) is 0. The van der Waals surface area contributed by atoms with Crippen LogP contribution in [0.3, 0.4) is 0 Å². The zero-order chi connectivity index (χ0) is 13.8. The van der Waals surface area contributed by atoms with Crippen LogP contribution in [-0.4, -0.2) is 29.1 Å². The monoisotopic (exact) mass is 336 g/mol. The fourth-order valence-corrected chi connectivity index (χ4v) is 2.81. The van der Waals surface area contributed by atoms with Crippen molar-refractivity contribution in [2.45, 2.75) is 25.4 Å². The highest BCUT2D eigenvalue weighted by Gasteiger charge is 2.21. The van der Waals surface area contributed by atoms with Gasteiger partial charge in [0.05, 0.1) is 6.54 Å². The number of hydrogen-bond acceptors (Lipinski definition) is 5. The SMILES string of the molecule is Brc1ccc(CNC2CCCN(c3ncccn3)C2)o1. The summed E-state index contributed by atoms with van der Waals surface area (Å²) in [5.74, 6) is 1.77. The first-order valence-electron chi connectivity index (χ1n) is 6.81. The number of nitrogens with one attached hydrogen (secondary N) is 1. The van der Waals surface area contributed by atoms with Gasteiger partial charge in [0.25, 0.3) is 0 Å². The van der Waals surface area contributed by atoms with E-state index in [-0.39, 0.29) is 0 Å². The Bertz CT molecular complexity index is 545. The van der Waals surface area contributed by atoms with Crippen LogP contribution >= 0.6 is 15.9 Å². The highest BCUT2D eigenvalue weighted by Crippen LogP contribution is 2.17. The Balaban J connectivity index is 1.55. The molecule has 3 rings (SSSR count). The Hall–Kier alpha value is -1.40. The topological polar surface area (TPSA) is 54.2 Å². The Morgan fingerprint density at radius 2 is 2.20 bits per heavy atom. The second-order valence-corrected chi connectivity index (χ2v) is 5.70. The van der Waals surface area contributed by atoms with Crippen molar-refractivity contribution in [3.63, 3.8) is 0 Å². The summed E-state index contributed by atoms with van der Waals surface area (Å²) in [6, 6.07) is 6.19. The maximum atomic E-state index is 5.50. The van der Waals surface area contributed by atoms with Crippen LogP contribution < -0.4 is 10.2 Å². The summed E-state index contributed by atoms with van der Waals surface area (Å²) < 4.78 is 6.28. The average molecular weight is 337 g/mol. The number of furan rings is 1. The Labute approximate surface area is 126 Å². The minimum atomic E-state index is 0.441. The minimum absolute atomic E-state index is 0.441. The molecule has 0 bridgehead atoms. The summed E-state index contributed by atoms with van der Waals surface area (Å²) in [5.41, 5.74) is 0. The molecule has 1 atom stereocenters. The van der Waals surface area contributed by atoms with Gasteiger partial charge >= 0.3 is 0 Å². The van der Waals surface area contributed by atoms with E-state index in [0.717, 1.165) is 42.4 Å². The van der Waals surface area contributed by atoms with E-state index < -0.39 is 0 Å². The summed E-state index contributed by atoms with van der Waals surface area (Å²) in [6.45, 7) is 2.71. The van der Waals surface area contributed by atoms with Gasteiger partial charge in [-0.15, -0.1) is 0 Å². The van der Waals surface area contributed by atoms with Crippen LogP contribution in [0.2, 0.25) is 0 Å². The molecule has 0 spiro atoms. The van der Waals surface area contributed by atoms with Gasteiger partial charge in [-0.05, 0) is 47.0 Å². The largest absolute Gasteiger partial charge is 0.453 e. The summed E-state index contributed by atoms with van der Waals surface area (Å²) in [6.07, 6.45) is 5.91. The average Bonchev–Trinajstić information content (AvgIpc) is 2.92. The molecule has 20 heavy (non-hydrogen) atoms. The molecule has 0 saturated carbocycles. The van der Waals surface area contributed by atoms with Gasteiger partial charge in [-0.25, -0.2) is 9.97 Å². The molecule has 106 valence electrons. The molecule has 1 saturated heterocycles. The number of halogens is 1. The minimum Gasteiger partial charge on any atom is -0.453 e. The van der Waals surface area contributed by atoms with Crippen molar-refractivity contribution in [2.75, 3.05) is 18.0 Å². The van der Waals surface area contributed by atoms with E-state index in [1.54, 1.807) is 12.4 Å². The zero-order valence-electron chi connectivity index (χ0n) is 11.1. The lowest BCUT2D eigenvalue weighted by Crippen LogP contribution is -2.46. The second-order valence-electron chi connectivity index (χ2n) is 4.92. The molecular weight excluding hydrogens is 320 g/mol. The van der Waals surface area contributed by atoms with Crippen molar-refractivity contribution in [2.24, 2.45) is 0 Å². The Kier molecular flexibility index (Phi) is 4.32. The smallest absolute Gasteiger partial charge is 0.225 e. The number of rotatable bonds is 4. The van der Waals surface area contributed by atoms with Crippen molar-refractivity contribution in [3.05, 3.63) is 41.0 Å². The maximum absolute atomic E-state index is 5.50. The normalized spacial score (nSPS) is 19.2. The predicted octanol–water partition coefficient (Wildman–Crippen LogP) is 2.59. The molecule has 0 amide bonds. The fourth-order valence-electron chi connectivity index (χ4n) is 2.47. The first-order chi connectivity index (χ1) is 9.81. The van der Waals surface area contributed by atoms with E-state index in [4.69, 9.17) is 4.42 Å². The molecule has 3 heterocycles. The second kappa shape index (κ2) is 6.37. The summed E-state index contributed by atoms with van der Waals surface area (Å²) in [4.78, 5) is 10.9. The standard InChI is InChI=1S/C14H17BrN4O/c15-13-5-4-12(20-13)9-18-11-3-1-8-19(10-11)14-16-6-2-7-17-14/h2,4-7,11,18H,1,3,8-10H2. The molecule has 0 radical (unpaired) electrons. The van der Waals surface area contributed by atoms with Crippen molar-refractivity contribution in [1.29, 1.82) is 0 Å². The van der Waals surface area contributed by atoms with Crippen LogP contribution in [0, 0.1) is 0 Å². The molecular formula is C14H17BrN4O. The van der Waals surface area contributed by atoms with Gasteiger partial charge in [-0.2, -0.15) is 0 Å². The Morgan fingerprint density at radius 3 is 2.95 bits per heavy atom. The van der Waals surface area contributed by atoms with Crippen molar-refractivity contribution in [1.82, 2.24) is 15.3 Å². The number of nitrogens with zero attached hydrogens (tertiary/aromatic N) is 3. The quantitative estimate of drug-likeness (QED) is 0.929. The molecule has 5 nitrogen and oxygen atoms in total. The van der Waals surface area contributed by atoms with Crippen molar-refractivity contribution in [3.8, 4) is 0 Å². The van der Waals surface area contributed by atoms with E-state index in [9.17, 15) is 0 Å². The molecule has 2 aromatic heterocycles. The van der Waals surface area contributed by atoms with E-state index >= 15 is 0 Å². The van der Waals surface area contributed by atoms with Gasteiger partial charge in [-0.3, -0.25) is 0 Å². The zero-order valence-corrected chi connectivity index (χ0v) is 12.7. The highest BCUT2D eigenvalue weighted by atomic mass is 79.9. The van der Waals surface area contributed by atoms with Crippen LogP contribution in [0.15, 0.2) is 39.7 Å². The molecule has 6 heteroatoms. The maximum Gasteiger partial charge on any atom is 0.225 e. The van der Waals surface area contributed by atoms with E-state index in [1.165, 1.54) is 6.42 Å². The molecule has 0 aliphatic carbocycles. The first kappa shape index (κ1) is 13.6. The number of anilines is 1. The lowest BCUT2D eigenvalue weighted by molar-refractivity contribution is 0.389. The van der Waals surface area contributed by atoms with Gasteiger partial charge in [0, 0.05) is 31.5 Å². The Morgan fingerprint density at radius 1 is 1.35 bits per heavy atom. The third-order valence-corrected chi connectivity index (χ3v) is 3.88. The third-order valence-electron chi connectivity index (χ3n) is 3.45. The van der Waals surface area contributed by atoms with Crippen LogP contribution in [0.5, 0.6) is 0 Å². The first-order valence-corrected chi connectivity index (χ1v) is 7.60. The summed E-state index contributed by atoms with van der Waals surface area (Å²) in [5, 5.41) is 3.54. The van der Waals surface area contributed by atoms with Crippen LogP contribution in [0.1, 0.15) is 18.6 Å². The molecule has 1 fully saturated rings. The molecule has 1 N–H and O–H groups in total. The molecule has 1 aliphatic heterocycles. The van der Waals surface area contributed by atoms with Crippen LogP contribution in [0.4, 0.5) is 5.95 Å². The van der Waals surface area contributed by atoms with E-state index in [1.807, 2.05) is 18.2 Å². The third kappa shape index (κ3) is 3.37. The van der Waals surface area contributed by atoms with Crippen molar-refractivity contribution >= 4 is 21.9 Å². The van der Waals surface area contributed by atoms with Gasteiger partial charge in [0.2, 0.25) is 5.95 Å². The lowest BCUT2D eigenvalue weighted by Gasteiger charge is -2.33. The number of hydrogen-bond donors (Lipinski definition) is 1. The van der Waals surface area contributed by atoms with Gasteiger partial charge < -0.3 is 14.6 Å². The molecule has 1 aliphatic rings. The fraction of sp³-hybridized carbons (Fsp3) is 0.429. The summed E-state index contributed by atoms with van der Waals surface area (Å²) >= 11 is 3.32. The van der Waals surface area contributed by atoms with E-state index in [0.29, 0.717) is 6.04 Å². The highest BCUT2D eigenvalue weighted by molar-refractivity contribution is 9.10. The molecule has 0 aromatic carbocycles.